The summed E-state index contributed by atoms with van der Waals surface area (Å²) in [6.07, 6.45) is 4.30. The number of hydrogen-bond acceptors (Lipinski definition) is 3. The van der Waals surface area contributed by atoms with Crippen molar-refractivity contribution in [2.75, 3.05) is 0 Å². The second kappa shape index (κ2) is 9.29. The Morgan fingerprint density at radius 1 is 0.700 bits per heavy atom. The zero-order valence-electron chi connectivity index (χ0n) is 22.4. The summed E-state index contributed by atoms with van der Waals surface area (Å²) in [6.45, 7) is 4.08. The van der Waals surface area contributed by atoms with Crippen molar-refractivity contribution in [2.24, 2.45) is 0 Å². The molecule has 0 N–H and O–H groups in total. The van der Waals surface area contributed by atoms with E-state index in [-0.39, 0.29) is 6.10 Å². The molecule has 3 heteroatoms. The van der Waals surface area contributed by atoms with Crippen LogP contribution in [0.3, 0.4) is 0 Å². The Bertz CT molecular complexity index is 1980. The quantitative estimate of drug-likeness (QED) is 0.219. The normalized spacial score (nSPS) is 16.1. The van der Waals surface area contributed by atoms with Crippen LogP contribution in [-0.4, -0.2) is 6.10 Å². The first-order chi connectivity index (χ1) is 19.6. The van der Waals surface area contributed by atoms with Gasteiger partial charge in [0.15, 0.2) is 17.1 Å². The highest BCUT2D eigenvalue weighted by molar-refractivity contribution is 6.27. The molecule has 0 aromatic heterocycles. The third kappa shape index (κ3) is 3.65. The van der Waals surface area contributed by atoms with Crippen molar-refractivity contribution in [3.8, 4) is 17.6 Å². The molecule has 0 radical (unpaired) electrons. The van der Waals surface area contributed by atoms with Crippen molar-refractivity contribution in [3.63, 3.8) is 0 Å². The lowest BCUT2D eigenvalue weighted by Crippen LogP contribution is -2.34. The number of ether oxygens (including phenoxy) is 2. The van der Waals surface area contributed by atoms with Crippen LogP contribution in [0.15, 0.2) is 115 Å². The fourth-order valence-electron chi connectivity index (χ4n) is 6.01. The molecule has 0 fully saturated rings. The lowest BCUT2D eigenvalue weighted by Gasteiger charge is -2.37. The number of nitrogens with zero attached hydrogens (tertiary/aromatic N) is 1. The van der Waals surface area contributed by atoms with E-state index in [4.69, 9.17) is 9.47 Å². The largest absolute Gasteiger partial charge is 0.487 e. The van der Waals surface area contributed by atoms with Crippen molar-refractivity contribution in [3.05, 3.63) is 138 Å². The van der Waals surface area contributed by atoms with Gasteiger partial charge in [0.05, 0.1) is 17.7 Å². The number of benzene rings is 6. The first-order valence-corrected chi connectivity index (χ1v) is 13.6. The molecule has 0 saturated heterocycles. The predicted octanol–water partition coefficient (Wildman–Crippen LogP) is 9.15. The molecule has 0 bridgehead atoms. The van der Waals surface area contributed by atoms with Crippen molar-refractivity contribution in [1.29, 1.82) is 5.26 Å². The Kier molecular flexibility index (Phi) is 5.58. The van der Waals surface area contributed by atoms with Crippen LogP contribution >= 0.6 is 0 Å². The van der Waals surface area contributed by atoms with E-state index in [0.29, 0.717) is 5.56 Å². The Balaban J connectivity index is 1.58. The second-order valence-corrected chi connectivity index (χ2v) is 10.5. The van der Waals surface area contributed by atoms with Crippen LogP contribution in [0.25, 0.3) is 38.4 Å². The average molecular weight is 518 g/mol. The molecule has 0 saturated carbocycles. The van der Waals surface area contributed by atoms with Crippen molar-refractivity contribution in [2.45, 2.75) is 25.6 Å². The molecule has 1 atom stereocenters. The molecule has 0 spiro atoms. The van der Waals surface area contributed by atoms with Crippen LogP contribution in [0.4, 0.5) is 0 Å². The molecule has 1 unspecified atom stereocenters. The Morgan fingerprint density at radius 3 is 1.93 bits per heavy atom. The highest BCUT2D eigenvalue weighted by Gasteiger charge is 2.39. The molecular weight excluding hydrogens is 490 g/mol. The van der Waals surface area contributed by atoms with Crippen LogP contribution in [0.5, 0.6) is 11.5 Å². The molecule has 1 heterocycles. The van der Waals surface area contributed by atoms with E-state index in [1.54, 1.807) is 0 Å². The number of fused-ring (bicyclic) bond motifs is 8. The molecule has 6 aromatic carbocycles. The van der Waals surface area contributed by atoms with Gasteiger partial charge in [-0.2, -0.15) is 5.26 Å². The summed E-state index contributed by atoms with van der Waals surface area (Å²) in [7, 11) is 0. The monoisotopic (exact) mass is 517 g/mol. The minimum atomic E-state index is -0.891. The van der Waals surface area contributed by atoms with Gasteiger partial charge in [0, 0.05) is 22.1 Å². The van der Waals surface area contributed by atoms with E-state index in [1.165, 1.54) is 21.5 Å². The van der Waals surface area contributed by atoms with E-state index in [2.05, 4.69) is 85.0 Å². The topological polar surface area (TPSA) is 42.2 Å². The molecule has 40 heavy (non-hydrogen) atoms. The van der Waals surface area contributed by atoms with Crippen molar-refractivity contribution < 1.29 is 9.47 Å². The molecule has 3 nitrogen and oxygen atoms in total. The van der Waals surface area contributed by atoms with Gasteiger partial charge in [-0.15, -0.1) is 0 Å². The van der Waals surface area contributed by atoms with Crippen LogP contribution in [0, 0.1) is 11.3 Å². The van der Waals surface area contributed by atoms with Gasteiger partial charge >= 0.3 is 0 Å². The van der Waals surface area contributed by atoms with Gasteiger partial charge < -0.3 is 9.47 Å². The number of hydrogen-bond donors (Lipinski definition) is 0. The third-order valence-electron chi connectivity index (χ3n) is 7.74. The molecular formula is C37H27NO2. The van der Waals surface area contributed by atoms with Gasteiger partial charge in [-0.1, -0.05) is 91.0 Å². The maximum absolute atomic E-state index is 9.42. The molecule has 192 valence electrons. The fraction of sp³-hybridized carbons (Fsp3) is 0.108. The minimum absolute atomic E-state index is 0.0381. The van der Waals surface area contributed by atoms with E-state index >= 15 is 0 Å². The first-order valence-electron chi connectivity index (χ1n) is 13.6. The van der Waals surface area contributed by atoms with Crippen LogP contribution in [0.2, 0.25) is 0 Å². The predicted molar refractivity (Wildman–Crippen MR) is 163 cm³/mol. The van der Waals surface area contributed by atoms with Gasteiger partial charge in [0.1, 0.15) is 0 Å². The summed E-state index contributed by atoms with van der Waals surface area (Å²) < 4.78 is 13.7. The summed E-state index contributed by atoms with van der Waals surface area (Å²) in [4.78, 5) is 0. The fourth-order valence-corrected chi connectivity index (χ4v) is 6.01. The summed E-state index contributed by atoms with van der Waals surface area (Å²) in [5, 5.41) is 16.5. The van der Waals surface area contributed by atoms with Gasteiger partial charge in [-0.05, 0) is 71.1 Å². The Morgan fingerprint density at radius 2 is 1.27 bits per heavy atom. The number of rotatable bonds is 4. The first kappa shape index (κ1) is 24.0. The molecule has 7 rings (SSSR count). The van der Waals surface area contributed by atoms with E-state index < -0.39 is 5.60 Å². The van der Waals surface area contributed by atoms with E-state index in [1.807, 2.05) is 56.3 Å². The summed E-state index contributed by atoms with van der Waals surface area (Å²) in [5.41, 5.74) is 2.67. The lowest BCUT2D eigenvalue weighted by atomic mass is 9.82. The minimum Gasteiger partial charge on any atom is -0.487 e. The van der Waals surface area contributed by atoms with Crippen LogP contribution in [0.1, 0.15) is 36.1 Å². The van der Waals surface area contributed by atoms with Crippen LogP contribution in [-0.2, 0) is 5.60 Å². The zero-order valence-corrected chi connectivity index (χ0v) is 22.4. The van der Waals surface area contributed by atoms with Gasteiger partial charge in [-0.3, -0.25) is 0 Å². The molecule has 1 aliphatic heterocycles. The van der Waals surface area contributed by atoms with Gasteiger partial charge in [0.25, 0.3) is 0 Å². The molecule has 1 aliphatic rings. The highest BCUT2D eigenvalue weighted by Crippen LogP contribution is 2.51. The summed E-state index contributed by atoms with van der Waals surface area (Å²) in [6, 6.07) is 39.4. The van der Waals surface area contributed by atoms with Gasteiger partial charge in [-0.25, -0.2) is 0 Å². The maximum atomic E-state index is 9.42. The zero-order chi connectivity index (χ0) is 27.3. The summed E-state index contributed by atoms with van der Waals surface area (Å²) >= 11 is 0. The Hall–Kier alpha value is -5.07. The smallest absolute Gasteiger partial charge is 0.178 e. The van der Waals surface area contributed by atoms with E-state index in [9.17, 15) is 5.26 Å². The highest BCUT2D eigenvalue weighted by atomic mass is 16.5. The molecule has 0 amide bonds. The van der Waals surface area contributed by atoms with Gasteiger partial charge in [0.2, 0.25) is 0 Å². The SMILES string of the molecule is CC(C)Oc1cc2c3ccccc3c3ccccc3c2c2c1OC(c1ccccc1)(c1ccc(C#N)cc1)C=C2. The average Bonchev–Trinajstić information content (AvgIpc) is 3.01. The number of nitriles is 1. The molecule has 6 aromatic rings. The van der Waals surface area contributed by atoms with Crippen molar-refractivity contribution >= 4 is 38.4 Å². The lowest BCUT2D eigenvalue weighted by molar-refractivity contribution is 0.145. The summed E-state index contributed by atoms with van der Waals surface area (Å²) in [5.74, 6) is 1.44. The van der Waals surface area contributed by atoms with Crippen molar-refractivity contribution in [1.82, 2.24) is 0 Å². The van der Waals surface area contributed by atoms with Crippen LogP contribution < -0.4 is 9.47 Å². The standard InChI is InChI=1S/C37H27NO2/c1-24(2)39-34-22-33-30-14-7-6-12-28(30)29-13-8-9-15-31(29)35(33)32-20-21-37(40-36(32)34,26-10-4-3-5-11-26)27-18-16-25(23-38)17-19-27/h3-22,24H,1-2H3. The van der Waals surface area contributed by atoms with E-state index in [0.717, 1.165) is 39.0 Å². The Labute approximate surface area is 233 Å². The molecule has 0 aliphatic carbocycles. The maximum Gasteiger partial charge on any atom is 0.178 e. The second-order valence-electron chi connectivity index (χ2n) is 10.5. The third-order valence-corrected chi connectivity index (χ3v) is 7.74.